The molecule has 1 atom stereocenters. The van der Waals surface area contributed by atoms with Crippen molar-refractivity contribution in [1.29, 1.82) is 5.26 Å². The van der Waals surface area contributed by atoms with Gasteiger partial charge in [-0.1, -0.05) is 12.1 Å². The van der Waals surface area contributed by atoms with Crippen molar-refractivity contribution in [2.24, 2.45) is 0 Å². The van der Waals surface area contributed by atoms with Crippen LogP contribution >= 0.6 is 11.8 Å². The van der Waals surface area contributed by atoms with Crippen LogP contribution in [-0.4, -0.2) is 29.7 Å². The molecule has 0 spiro atoms. The predicted molar refractivity (Wildman–Crippen MR) is 74.8 cm³/mol. The number of rotatable bonds is 5. The van der Waals surface area contributed by atoms with Gasteiger partial charge < -0.3 is 9.64 Å². The van der Waals surface area contributed by atoms with E-state index in [1.807, 2.05) is 31.2 Å². The van der Waals surface area contributed by atoms with Gasteiger partial charge in [0.2, 0.25) is 5.91 Å². The molecule has 1 aromatic rings. The summed E-state index contributed by atoms with van der Waals surface area (Å²) in [6, 6.07) is 9.91. The van der Waals surface area contributed by atoms with Crippen molar-refractivity contribution in [2.75, 3.05) is 18.9 Å². The molecule has 19 heavy (non-hydrogen) atoms. The number of amides is 1. The number of carbonyl (C=O) groups is 1. The zero-order chi connectivity index (χ0) is 13.7. The van der Waals surface area contributed by atoms with E-state index in [9.17, 15) is 4.79 Å². The Kier molecular flexibility index (Phi) is 4.69. The maximum Gasteiger partial charge on any atom is 0.233 e. The molecule has 100 valence electrons. The molecule has 1 unspecified atom stereocenters. The standard InChI is InChI=1S/C14H16N2O2S/c1-2-18-12-6-4-11(5-7-12)14-16(9-3-8-15)13(17)10-19-14/h4-7,14H,2-3,9-10H2,1H3. The Morgan fingerprint density at radius 2 is 2.21 bits per heavy atom. The van der Waals surface area contributed by atoms with Crippen molar-refractivity contribution in [3.63, 3.8) is 0 Å². The van der Waals surface area contributed by atoms with E-state index in [0.29, 0.717) is 25.3 Å². The minimum Gasteiger partial charge on any atom is -0.494 e. The average Bonchev–Trinajstić information content (AvgIpc) is 2.79. The highest BCUT2D eigenvalue weighted by Crippen LogP contribution is 2.38. The van der Waals surface area contributed by atoms with Crippen molar-refractivity contribution in [2.45, 2.75) is 18.7 Å². The fourth-order valence-electron chi connectivity index (χ4n) is 2.04. The molecule has 1 fully saturated rings. The fraction of sp³-hybridized carbons (Fsp3) is 0.429. The number of hydrogen-bond acceptors (Lipinski definition) is 4. The lowest BCUT2D eigenvalue weighted by molar-refractivity contribution is -0.127. The van der Waals surface area contributed by atoms with Crippen molar-refractivity contribution < 1.29 is 9.53 Å². The second-order valence-electron chi connectivity index (χ2n) is 4.16. The van der Waals surface area contributed by atoms with Crippen molar-refractivity contribution in [3.8, 4) is 11.8 Å². The normalized spacial score (nSPS) is 18.4. The molecule has 5 heteroatoms. The first kappa shape index (κ1) is 13.8. The highest BCUT2D eigenvalue weighted by molar-refractivity contribution is 8.00. The van der Waals surface area contributed by atoms with E-state index >= 15 is 0 Å². The van der Waals surface area contributed by atoms with Gasteiger partial charge in [0, 0.05) is 6.54 Å². The lowest BCUT2D eigenvalue weighted by Crippen LogP contribution is -2.29. The van der Waals surface area contributed by atoms with Crippen LogP contribution in [0.3, 0.4) is 0 Å². The van der Waals surface area contributed by atoms with Crippen LogP contribution < -0.4 is 4.74 Å². The average molecular weight is 276 g/mol. The van der Waals surface area contributed by atoms with Gasteiger partial charge in [0.15, 0.2) is 0 Å². The lowest BCUT2D eigenvalue weighted by atomic mass is 10.2. The van der Waals surface area contributed by atoms with E-state index < -0.39 is 0 Å². The maximum atomic E-state index is 11.8. The second kappa shape index (κ2) is 6.48. The Labute approximate surface area is 117 Å². The number of benzene rings is 1. The van der Waals surface area contributed by atoms with Crippen LogP contribution in [0.2, 0.25) is 0 Å². The summed E-state index contributed by atoms with van der Waals surface area (Å²) >= 11 is 1.61. The van der Waals surface area contributed by atoms with Gasteiger partial charge >= 0.3 is 0 Å². The zero-order valence-corrected chi connectivity index (χ0v) is 11.7. The molecule has 0 aliphatic carbocycles. The summed E-state index contributed by atoms with van der Waals surface area (Å²) in [7, 11) is 0. The smallest absolute Gasteiger partial charge is 0.233 e. The molecule has 4 nitrogen and oxygen atoms in total. The minimum atomic E-state index is 0.0246. The predicted octanol–water partition coefficient (Wildman–Crippen LogP) is 2.57. The third-order valence-corrected chi connectivity index (χ3v) is 4.16. The third-order valence-electron chi connectivity index (χ3n) is 2.91. The van der Waals surface area contributed by atoms with Crippen molar-refractivity contribution >= 4 is 17.7 Å². The Hall–Kier alpha value is -1.67. The summed E-state index contributed by atoms with van der Waals surface area (Å²) in [6.07, 6.45) is 0.375. The first-order chi connectivity index (χ1) is 9.26. The molecule has 0 N–H and O–H groups in total. The molecule has 1 amide bonds. The van der Waals surface area contributed by atoms with Gasteiger partial charge in [-0.2, -0.15) is 5.26 Å². The van der Waals surface area contributed by atoms with Crippen LogP contribution in [0.1, 0.15) is 24.3 Å². The second-order valence-corrected chi connectivity index (χ2v) is 5.23. The van der Waals surface area contributed by atoms with Gasteiger partial charge in [-0.25, -0.2) is 0 Å². The maximum absolute atomic E-state index is 11.8. The number of nitriles is 1. The first-order valence-electron chi connectivity index (χ1n) is 6.27. The van der Waals surface area contributed by atoms with Crippen molar-refractivity contribution in [3.05, 3.63) is 29.8 Å². The van der Waals surface area contributed by atoms with Gasteiger partial charge in [0.25, 0.3) is 0 Å². The van der Waals surface area contributed by atoms with E-state index in [-0.39, 0.29) is 11.3 Å². The Morgan fingerprint density at radius 3 is 2.84 bits per heavy atom. The molecule has 0 bridgehead atoms. The topological polar surface area (TPSA) is 53.3 Å². The van der Waals surface area contributed by atoms with E-state index in [4.69, 9.17) is 10.00 Å². The van der Waals surface area contributed by atoms with E-state index in [2.05, 4.69) is 6.07 Å². The van der Waals surface area contributed by atoms with Crippen LogP contribution in [0.25, 0.3) is 0 Å². The monoisotopic (exact) mass is 276 g/mol. The van der Waals surface area contributed by atoms with Gasteiger partial charge in [-0.05, 0) is 24.6 Å². The van der Waals surface area contributed by atoms with Crippen LogP contribution in [-0.2, 0) is 4.79 Å². The highest BCUT2D eigenvalue weighted by Gasteiger charge is 2.32. The van der Waals surface area contributed by atoms with E-state index in [1.54, 1.807) is 16.7 Å². The zero-order valence-electron chi connectivity index (χ0n) is 10.8. The summed E-state index contributed by atoms with van der Waals surface area (Å²) in [4.78, 5) is 13.6. The Balaban J connectivity index is 2.11. The van der Waals surface area contributed by atoms with Gasteiger partial charge in [-0.15, -0.1) is 11.8 Å². The number of carbonyl (C=O) groups excluding carboxylic acids is 1. The summed E-state index contributed by atoms with van der Waals surface area (Å²) in [5, 5.41) is 8.68. The van der Waals surface area contributed by atoms with Gasteiger partial charge in [0.05, 0.1) is 24.8 Å². The molecule has 0 radical (unpaired) electrons. The summed E-state index contributed by atoms with van der Waals surface area (Å²) in [5.41, 5.74) is 1.08. The molecule has 1 heterocycles. The number of ether oxygens (including phenoxy) is 1. The molecule has 0 aromatic heterocycles. The molecule has 0 saturated carbocycles. The largest absolute Gasteiger partial charge is 0.494 e. The SMILES string of the molecule is CCOc1ccc(C2SCC(=O)N2CCC#N)cc1. The van der Waals surface area contributed by atoms with Gasteiger partial charge in [-0.3, -0.25) is 4.79 Å². The van der Waals surface area contributed by atoms with Crippen LogP contribution in [0.5, 0.6) is 5.75 Å². The molecular formula is C14H16N2O2S. The molecule has 1 aromatic carbocycles. The van der Waals surface area contributed by atoms with E-state index in [1.165, 1.54) is 0 Å². The number of nitrogens with zero attached hydrogens (tertiary/aromatic N) is 2. The lowest BCUT2D eigenvalue weighted by Gasteiger charge is -2.23. The summed E-state index contributed by atoms with van der Waals surface area (Å²) < 4.78 is 5.41. The van der Waals surface area contributed by atoms with E-state index in [0.717, 1.165) is 11.3 Å². The van der Waals surface area contributed by atoms with Crippen molar-refractivity contribution in [1.82, 2.24) is 4.90 Å². The van der Waals surface area contributed by atoms with Crippen LogP contribution in [0.4, 0.5) is 0 Å². The van der Waals surface area contributed by atoms with Crippen LogP contribution in [0, 0.1) is 11.3 Å². The molecule has 1 aliphatic heterocycles. The molecular weight excluding hydrogens is 260 g/mol. The fourth-order valence-corrected chi connectivity index (χ4v) is 3.26. The third kappa shape index (κ3) is 3.21. The summed E-state index contributed by atoms with van der Waals surface area (Å²) in [5.74, 6) is 1.44. The first-order valence-corrected chi connectivity index (χ1v) is 7.32. The quantitative estimate of drug-likeness (QED) is 0.829. The van der Waals surface area contributed by atoms with Crippen LogP contribution in [0.15, 0.2) is 24.3 Å². The van der Waals surface area contributed by atoms with Gasteiger partial charge in [0.1, 0.15) is 11.1 Å². The summed E-state index contributed by atoms with van der Waals surface area (Å²) in [6.45, 7) is 3.09. The molecule has 1 aliphatic rings. The highest BCUT2D eigenvalue weighted by atomic mass is 32.2. The Bertz CT molecular complexity index is 481. The number of hydrogen-bond donors (Lipinski definition) is 0. The number of thioether (sulfide) groups is 1. The minimum absolute atomic E-state index is 0.0246. The Morgan fingerprint density at radius 1 is 1.47 bits per heavy atom. The molecule has 2 rings (SSSR count). The molecule has 1 saturated heterocycles.